The number of nitrogens with one attached hydrogen (secondary N) is 1. The molecule has 2 saturated heterocycles. The third-order valence-electron chi connectivity index (χ3n) is 3.68. The molecule has 0 saturated carbocycles. The van der Waals surface area contributed by atoms with Crippen LogP contribution in [0.1, 0.15) is 33.1 Å². The SMILES string of the molecule is CCC1C(=O)NCC(=O)N1C1(C)CCCOC1. The molecular weight excluding hydrogens is 220 g/mol. The van der Waals surface area contributed by atoms with Crippen molar-refractivity contribution in [1.29, 1.82) is 0 Å². The minimum absolute atomic E-state index is 0.00412. The summed E-state index contributed by atoms with van der Waals surface area (Å²) in [5.74, 6) is -0.0386. The number of carbonyl (C=O) groups is 2. The molecule has 2 aliphatic heterocycles. The van der Waals surface area contributed by atoms with Gasteiger partial charge in [0, 0.05) is 6.61 Å². The molecule has 0 aromatic rings. The van der Waals surface area contributed by atoms with E-state index in [9.17, 15) is 9.59 Å². The lowest BCUT2D eigenvalue weighted by molar-refractivity contribution is -0.159. The van der Waals surface area contributed by atoms with Crippen molar-refractivity contribution < 1.29 is 14.3 Å². The second-order valence-corrected chi connectivity index (χ2v) is 5.06. The summed E-state index contributed by atoms with van der Waals surface area (Å²) in [7, 11) is 0. The van der Waals surface area contributed by atoms with Crippen LogP contribution in [0.2, 0.25) is 0 Å². The molecular formula is C12H20N2O3. The average molecular weight is 240 g/mol. The number of piperazine rings is 1. The van der Waals surface area contributed by atoms with E-state index < -0.39 is 0 Å². The maximum atomic E-state index is 12.1. The average Bonchev–Trinajstić information content (AvgIpc) is 2.32. The van der Waals surface area contributed by atoms with Crippen molar-refractivity contribution in [3.63, 3.8) is 0 Å². The largest absolute Gasteiger partial charge is 0.379 e. The monoisotopic (exact) mass is 240 g/mol. The van der Waals surface area contributed by atoms with E-state index in [2.05, 4.69) is 5.32 Å². The Hall–Kier alpha value is -1.10. The Bertz CT molecular complexity index is 324. The Morgan fingerprint density at radius 3 is 2.88 bits per heavy atom. The van der Waals surface area contributed by atoms with Crippen molar-refractivity contribution >= 4 is 11.8 Å². The lowest BCUT2D eigenvalue weighted by Crippen LogP contribution is -2.67. The van der Waals surface area contributed by atoms with Crippen LogP contribution in [-0.4, -0.2) is 48.1 Å². The molecule has 1 N–H and O–H groups in total. The summed E-state index contributed by atoms with van der Waals surface area (Å²) in [5.41, 5.74) is -0.326. The molecule has 17 heavy (non-hydrogen) atoms. The summed E-state index contributed by atoms with van der Waals surface area (Å²) < 4.78 is 5.49. The number of hydrogen-bond acceptors (Lipinski definition) is 3. The Labute approximate surface area is 101 Å². The van der Waals surface area contributed by atoms with Gasteiger partial charge in [0.1, 0.15) is 6.04 Å². The maximum Gasteiger partial charge on any atom is 0.243 e. The predicted molar refractivity (Wildman–Crippen MR) is 62.4 cm³/mol. The standard InChI is InChI=1S/C12H20N2O3/c1-3-9-11(16)13-7-10(15)14(9)12(2)5-4-6-17-8-12/h9H,3-8H2,1-2H3,(H,13,16). The molecule has 5 heteroatoms. The van der Waals surface area contributed by atoms with Crippen LogP contribution in [0, 0.1) is 0 Å². The van der Waals surface area contributed by atoms with Crippen molar-refractivity contribution in [1.82, 2.24) is 10.2 Å². The normalized spacial score (nSPS) is 34.7. The molecule has 5 nitrogen and oxygen atoms in total. The van der Waals surface area contributed by atoms with E-state index in [1.807, 2.05) is 13.8 Å². The van der Waals surface area contributed by atoms with E-state index in [1.54, 1.807) is 4.90 Å². The van der Waals surface area contributed by atoms with Crippen molar-refractivity contribution in [2.75, 3.05) is 19.8 Å². The lowest BCUT2D eigenvalue weighted by Gasteiger charge is -2.48. The highest BCUT2D eigenvalue weighted by Gasteiger charge is 2.45. The van der Waals surface area contributed by atoms with Gasteiger partial charge >= 0.3 is 0 Å². The number of ether oxygens (including phenoxy) is 1. The first-order valence-corrected chi connectivity index (χ1v) is 6.26. The Morgan fingerprint density at radius 2 is 2.29 bits per heavy atom. The number of carbonyl (C=O) groups excluding carboxylic acids is 2. The highest BCUT2D eigenvalue weighted by Crippen LogP contribution is 2.30. The summed E-state index contributed by atoms with van der Waals surface area (Å²) in [6.45, 7) is 5.35. The van der Waals surface area contributed by atoms with Gasteiger partial charge in [0.15, 0.2) is 0 Å². The molecule has 2 rings (SSSR count). The fourth-order valence-electron chi connectivity index (χ4n) is 2.81. The van der Waals surface area contributed by atoms with Crippen LogP contribution in [0.4, 0.5) is 0 Å². The van der Waals surface area contributed by atoms with Gasteiger partial charge in [-0.1, -0.05) is 6.92 Å². The summed E-state index contributed by atoms with van der Waals surface area (Å²) in [6, 6.07) is -0.344. The van der Waals surface area contributed by atoms with E-state index in [4.69, 9.17) is 4.74 Å². The van der Waals surface area contributed by atoms with Crippen molar-refractivity contribution in [2.45, 2.75) is 44.7 Å². The molecule has 2 fully saturated rings. The van der Waals surface area contributed by atoms with Crippen molar-refractivity contribution in [3.05, 3.63) is 0 Å². The molecule has 2 atom stereocenters. The van der Waals surface area contributed by atoms with Crippen LogP contribution < -0.4 is 5.32 Å². The smallest absolute Gasteiger partial charge is 0.243 e. The molecule has 2 unspecified atom stereocenters. The highest BCUT2D eigenvalue weighted by molar-refractivity contribution is 5.95. The zero-order valence-corrected chi connectivity index (χ0v) is 10.5. The zero-order valence-electron chi connectivity index (χ0n) is 10.5. The molecule has 0 spiro atoms. The minimum Gasteiger partial charge on any atom is -0.379 e. The van der Waals surface area contributed by atoms with E-state index in [0.29, 0.717) is 13.0 Å². The number of rotatable bonds is 2. The second-order valence-electron chi connectivity index (χ2n) is 5.06. The van der Waals surface area contributed by atoms with Gasteiger partial charge in [-0.2, -0.15) is 0 Å². The quantitative estimate of drug-likeness (QED) is 0.755. The molecule has 0 radical (unpaired) electrons. The van der Waals surface area contributed by atoms with E-state index in [0.717, 1.165) is 19.4 Å². The summed E-state index contributed by atoms with van der Waals surface area (Å²) in [6.07, 6.45) is 2.49. The van der Waals surface area contributed by atoms with Gasteiger partial charge in [-0.25, -0.2) is 0 Å². The Kier molecular flexibility index (Phi) is 3.38. The van der Waals surface area contributed by atoms with Crippen LogP contribution >= 0.6 is 0 Å². The van der Waals surface area contributed by atoms with Crippen LogP contribution in [0.3, 0.4) is 0 Å². The van der Waals surface area contributed by atoms with Gasteiger partial charge in [-0.3, -0.25) is 9.59 Å². The van der Waals surface area contributed by atoms with Crippen molar-refractivity contribution in [2.24, 2.45) is 0 Å². The highest BCUT2D eigenvalue weighted by atomic mass is 16.5. The van der Waals surface area contributed by atoms with E-state index in [1.165, 1.54) is 0 Å². The summed E-state index contributed by atoms with van der Waals surface area (Å²) >= 11 is 0. The molecule has 0 aromatic carbocycles. The first-order valence-electron chi connectivity index (χ1n) is 6.26. The van der Waals surface area contributed by atoms with E-state index in [-0.39, 0.29) is 29.9 Å². The number of amides is 2. The molecule has 0 aliphatic carbocycles. The van der Waals surface area contributed by atoms with Gasteiger partial charge in [-0.05, 0) is 26.2 Å². The molecule has 2 amide bonds. The van der Waals surface area contributed by atoms with Gasteiger partial charge in [-0.15, -0.1) is 0 Å². The van der Waals surface area contributed by atoms with Gasteiger partial charge < -0.3 is 15.0 Å². The Balaban J connectivity index is 2.25. The maximum absolute atomic E-state index is 12.1. The molecule has 2 heterocycles. The third kappa shape index (κ3) is 2.16. The topological polar surface area (TPSA) is 58.6 Å². The van der Waals surface area contributed by atoms with E-state index >= 15 is 0 Å². The summed E-state index contributed by atoms with van der Waals surface area (Å²) in [5, 5.41) is 2.65. The molecule has 0 aromatic heterocycles. The number of nitrogens with zero attached hydrogens (tertiary/aromatic N) is 1. The van der Waals surface area contributed by atoms with Crippen molar-refractivity contribution in [3.8, 4) is 0 Å². The summed E-state index contributed by atoms with van der Waals surface area (Å²) in [4.78, 5) is 25.6. The predicted octanol–water partition coefficient (Wildman–Crippen LogP) is 0.293. The third-order valence-corrected chi connectivity index (χ3v) is 3.68. The fourth-order valence-corrected chi connectivity index (χ4v) is 2.81. The first kappa shape index (κ1) is 12.4. The molecule has 96 valence electrons. The Morgan fingerprint density at radius 1 is 1.53 bits per heavy atom. The lowest BCUT2D eigenvalue weighted by atomic mass is 9.89. The van der Waals surface area contributed by atoms with Crippen LogP contribution in [-0.2, 0) is 14.3 Å². The van der Waals surface area contributed by atoms with Crippen LogP contribution in [0.5, 0.6) is 0 Å². The molecule has 2 aliphatic rings. The van der Waals surface area contributed by atoms with Crippen LogP contribution in [0.15, 0.2) is 0 Å². The molecule has 0 bridgehead atoms. The first-order chi connectivity index (χ1) is 8.08. The van der Waals surface area contributed by atoms with Gasteiger partial charge in [0.25, 0.3) is 0 Å². The minimum atomic E-state index is -0.344. The fraction of sp³-hybridized carbons (Fsp3) is 0.833. The number of hydrogen-bond donors (Lipinski definition) is 1. The zero-order chi connectivity index (χ0) is 12.5. The van der Waals surface area contributed by atoms with Crippen LogP contribution in [0.25, 0.3) is 0 Å². The second kappa shape index (κ2) is 4.64. The van der Waals surface area contributed by atoms with Gasteiger partial charge in [0.05, 0.1) is 18.7 Å². The van der Waals surface area contributed by atoms with Gasteiger partial charge in [0.2, 0.25) is 11.8 Å².